The van der Waals surface area contributed by atoms with Crippen molar-refractivity contribution in [1.29, 1.82) is 0 Å². The lowest BCUT2D eigenvalue weighted by Gasteiger charge is -2.24. The number of nitrogens with zero attached hydrogens (tertiary/aromatic N) is 1. The number of benzene rings is 2. The molecule has 1 unspecified atom stereocenters. The van der Waals surface area contributed by atoms with E-state index in [2.05, 4.69) is 0 Å². The molecule has 2 aromatic rings. The Hall–Kier alpha value is -1.40. The van der Waals surface area contributed by atoms with Crippen molar-refractivity contribution in [2.45, 2.75) is 24.3 Å². The number of hydrogen-bond acceptors (Lipinski definition) is 3. The third-order valence-corrected chi connectivity index (χ3v) is 6.46. The highest BCUT2D eigenvalue weighted by atomic mass is 35.5. The maximum Gasteiger partial charge on any atom is 0.244 e. The molecule has 1 fully saturated rings. The van der Waals surface area contributed by atoms with E-state index in [0.29, 0.717) is 19.6 Å². The normalized spacial score (nSPS) is 19.8. The van der Waals surface area contributed by atoms with Crippen molar-refractivity contribution in [3.63, 3.8) is 0 Å². The van der Waals surface area contributed by atoms with Crippen LogP contribution in [-0.4, -0.2) is 32.4 Å². The van der Waals surface area contributed by atoms with Gasteiger partial charge in [0.15, 0.2) is 0 Å². The van der Waals surface area contributed by atoms with Crippen molar-refractivity contribution in [1.82, 2.24) is 4.31 Å². The molecule has 2 aromatic carbocycles. The zero-order valence-electron chi connectivity index (χ0n) is 13.5. The van der Waals surface area contributed by atoms with Gasteiger partial charge in [0.1, 0.15) is 4.90 Å². The highest BCUT2D eigenvalue weighted by Gasteiger charge is 2.31. The molecule has 0 radical (unpaired) electrons. The van der Waals surface area contributed by atoms with Gasteiger partial charge in [0.05, 0.1) is 11.1 Å². The van der Waals surface area contributed by atoms with Gasteiger partial charge in [0, 0.05) is 19.7 Å². The van der Waals surface area contributed by atoms with Gasteiger partial charge in [-0.1, -0.05) is 48.0 Å². The lowest BCUT2D eigenvalue weighted by atomic mass is 10.1. The van der Waals surface area contributed by atoms with E-state index in [1.165, 1.54) is 4.31 Å². The largest absolute Gasteiger partial charge is 0.372 e. The van der Waals surface area contributed by atoms with Gasteiger partial charge in [-0.3, -0.25) is 0 Å². The zero-order valence-corrected chi connectivity index (χ0v) is 15.1. The van der Waals surface area contributed by atoms with Crippen molar-refractivity contribution in [3.8, 4) is 0 Å². The van der Waals surface area contributed by atoms with Crippen LogP contribution in [0, 0.1) is 6.92 Å². The second-order valence-corrected chi connectivity index (χ2v) is 8.23. The smallest absolute Gasteiger partial charge is 0.244 e. The summed E-state index contributed by atoms with van der Waals surface area (Å²) >= 11 is 6.16. The molecule has 6 heteroatoms. The third-order valence-electron chi connectivity index (χ3n) is 4.12. The fourth-order valence-corrected chi connectivity index (χ4v) is 4.87. The zero-order chi connectivity index (χ0) is 17.2. The van der Waals surface area contributed by atoms with Gasteiger partial charge in [-0.2, -0.15) is 4.31 Å². The molecule has 1 heterocycles. The molecule has 0 N–H and O–H groups in total. The van der Waals surface area contributed by atoms with Crippen LogP contribution in [0.5, 0.6) is 0 Å². The topological polar surface area (TPSA) is 46.6 Å². The fraction of sp³-hybridized carbons (Fsp3) is 0.333. The van der Waals surface area contributed by atoms with E-state index in [1.54, 1.807) is 18.2 Å². The first kappa shape index (κ1) is 17.4. The average molecular weight is 366 g/mol. The fourth-order valence-electron chi connectivity index (χ4n) is 2.83. The van der Waals surface area contributed by atoms with Gasteiger partial charge in [-0.15, -0.1) is 0 Å². The van der Waals surface area contributed by atoms with Gasteiger partial charge < -0.3 is 4.74 Å². The number of aryl methyl sites for hydroxylation is 1. The maximum atomic E-state index is 13.1. The van der Waals surface area contributed by atoms with E-state index in [1.807, 2.05) is 37.3 Å². The standard InChI is InChI=1S/C18H20ClNO3S/c1-14-8-9-16(19)18(12-14)24(21,22)20-10-5-11-23-17(13-20)15-6-3-2-4-7-15/h2-4,6-9,12,17H,5,10-11,13H2,1H3. The predicted molar refractivity (Wildman–Crippen MR) is 94.7 cm³/mol. The quantitative estimate of drug-likeness (QED) is 0.831. The average Bonchev–Trinajstić information content (AvgIpc) is 2.84. The first-order valence-corrected chi connectivity index (χ1v) is 9.73. The monoisotopic (exact) mass is 365 g/mol. The molecular formula is C18H20ClNO3S. The summed E-state index contributed by atoms with van der Waals surface area (Å²) in [6.45, 7) is 3.10. The maximum absolute atomic E-state index is 13.1. The van der Waals surface area contributed by atoms with Crippen LogP contribution in [0.1, 0.15) is 23.7 Å². The van der Waals surface area contributed by atoms with Crippen molar-refractivity contribution >= 4 is 21.6 Å². The Morgan fingerprint density at radius 2 is 1.92 bits per heavy atom. The third kappa shape index (κ3) is 3.64. The van der Waals surface area contributed by atoms with Crippen molar-refractivity contribution < 1.29 is 13.2 Å². The van der Waals surface area contributed by atoms with Crippen molar-refractivity contribution in [3.05, 3.63) is 64.7 Å². The van der Waals surface area contributed by atoms with Gasteiger partial charge in [-0.25, -0.2) is 8.42 Å². The molecule has 0 saturated carbocycles. The Balaban J connectivity index is 1.93. The Labute approximate surface area is 148 Å². The second-order valence-electron chi connectivity index (χ2n) is 5.92. The number of halogens is 1. The van der Waals surface area contributed by atoms with E-state index >= 15 is 0 Å². The molecule has 1 saturated heterocycles. The highest BCUT2D eigenvalue weighted by molar-refractivity contribution is 7.89. The first-order valence-electron chi connectivity index (χ1n) is 7.91. The van der Waals surface area contributed by atoms with E-state index in [-0.39, 0.29) is 22.6 Å². The van der Waals surface area contributed by atoms with Crippen LogP contribution in [0.3, 0.4) is 0 Å². The van der Waals surface area contributed by atoms with E-state index < -0.39 is 10.0 Å². The lowest BCUT2D eigenvalue weighted by Crippen LogP contribution is -2.34. The van der Waals surface area contributed by atoms with E-state index in [0.717, 1.165) is 11.1 Å². The van der Waals surface area contributed by atoms with Crippen LogP contribution >= 0.6 is 11.6 Å². The first-order chi connectivity index (χ1) is 11.5. The van der Waals surface area contributed by atoms with Crippen molar-refractivity contribution in [2.24, 2.45) is 0 Å². The summed E-state index contributed by atoms with van der Waals surface area (Å²) in [5.74, 6) is 0. The van der Waals surface area contributed by atoms with Crippen LogP contribution in [0.15, 0.2) is 53.4 Å². The Morgan fingerprint density at radius 1 is 1.17 bits per heavy atom. The highest BCUT2D eigenvalue weighted by Crippen LogP contribution is 2.29. The molecular weight excluding hydrogens is 346 g/mol. The Bertz CT molecular complexity index is 808. The summed E-state index contributed by atoms with van der Waals surface area (Å²) in [7, 11) is -3.66. The van der Waals surface area contributed by atoms with Gasteiger partial charge in [0.2, 0.25) is 10.0 Å². The summed E-state index contributed by atoms with van der Waals surface area (Å²) < 4.78 is 33.5. The Morgan fingerprint density at radius 3 is 2.67 bits per heavy atom. The molecule has 0 spiro atoms. The summed E-state index contributed by atoms with van der Waals surface area (Å²) in [5, 5.41) is 0.252. The van der Waals surface area contributed by atoms with Crippen LogP contribution in [0.2, 0.25) is 5.02 Å². The van der Waals surface area contributed by atoms with Gasteiger partial charge >= 0.3 is 0 Å². The molecule has 1 aliphatic rings. The molecule has 128 valence electrons. The van der Waals surface area contributed by atoms with Crippen LogP contribution < -0.4 is 0 Å². The number of rotatable bonds is 3. The predicted octanol–water partition coefficient (Wildman–Crippen LogP) is 3.80. The molecule has 0 aromatic heterocycles. The molecule has 24 heavy (non-hydrogen) atoms. The second kappa shape index (κ2) is 7.23. The minimum absolute atomic E-state index is 0.165. The number of hydrogen-bond donors (Lipinski definition) is 0. The minimum atomic E-state index is -3.66. The van der Waals surface area contributed by atoms with E-state index in [9.17, 15) is 8.42 Å². The Kier molecular flexibility index (Phi) is 5.25. The van der Waals surface area contributed by atoms with Crippen LogP contribution in [0.25, 0.3) is 0 Å². The molecule has 1 atom stereocenters. The molecule has 0 bridgehead atoms. The summed E-state index contributed by atoms with van der Waals surface area (Å²) in [6.07, 6.45) is 0.387. The molecule has 1 aliphatic heterocycles. The van der Waals surface area contributed by atoms with Crippen LogP contribution in [-0.2, 0) is 14.8 Å². The SMILES string of the molecule is Cc1ccc(Cl)c(S(=O)(=O)N2CCCOC(c3ccccc3)C2)c1. The van der Waals surface area contributed by atoms with Gasteiger partial charge in [-0.05, 0) is 36.6 Å². The van der Waals surface area contributed by atoms with Gasteiger partial charge in [0.25, 0.3) is 0 Å². The molecule has 0 aliphatic carbocycles. The summed E-state index contributed by atoms with van der Waals surface area (Å²) in [5.41, 5.74) is 1.85. The molecule has 3 rings (SSSR count). The summed E-state index contributed by atoms with van der Waals surface area (Å²) in [4.78, 5) is 0.165. The number of ether oxygens (including phenoxy) is 1. The molecule has 0 amide bonds. The lowest BCUT2D eigenvalue weighted by molar-refractivity contribution is 0.0613. The van der Waals surface area contributed by atoms with Crippen molar-refractivity contribution in [2.75, 3.05) is 19.7 Å². The summed E-state index contributed by atoms with van der Waals surface area (Å²) in [6, 6.07) is 14.8. The molecule has 4 nitrogen and oxygen atoms in total. The number of sulfonamides is 1. The van der Waals surface area contributed by atoms with Crippen LogP contribution in [0.4, 0.5) is 0 Å². The minimum Gasteiger partial charge on any atom is -0.372 e. The van der Waals surface area contributed by atoms with E-state index in [4.69, 9.17) is 16.3 Å².